The summed E-state index contributed by atoms with van der Waals surface area (Å²) in [6.07, 6.45) is 0.110. The molecule has 144 valence electrons. The van der Waals surface area contributed by atoms with E-state index in [4.69, 9.17) is 5.73 Å². The second-order valence-corrected chi connectivity index (χ2v) is 8.71. The lowest BCUT2D eigenvalue weighted by Gasteiger charge is -2.16. The van der Waals surface area contributed by atoms with Gasteiger partial charge < -0.3 is 10.6 Å². The van der Waals surface area contributed by atoms with E-state index in [1.807, 2.05) is 37.3 Å². The molecule has 1 fully saturated rings. The third-order valence-electron chi connectivity index (χ3n) is 4.91. The van der Waals surface area contributed by atoms with Gasteiger partial charge in [0.2, 0.25) is 15.9 Å². The summed E-state index contributed by atoms with van der Waals surface area (Å²) in [5, 5.41) is 0. The van der Waals surface area contributed by atoms with Crippen molar-refractivity contribution in [2.24, 2.45) is 5.73 Å². The Hall–Kier alpha value is -2.22. The molecular formula is C20H25N3O3S. The third-order valence-corrected chi connectivity index (χ3v) is 6.38. The Kier molecular flexibility index (Phi) is 5.94. The summed E-state index contributed by atoms with van der Waals surface area (Å²) in [5.74, 6) is 0.0230. The molecule has 0 unspecified atom stereocenters. The standard InChI is InChI=1S/C20H25N3O3S/c1-15-7-9-17(10-8-15)27(25,26)22-12-11-20(24)23-13-18(19(21)14-23)16-5-3-2-4-6-16/h2-10,18-19,22H,11-14,21H2,1H3/t18-,19+/m0/s1. The highest BCUT2D eigenvalue weighted by atomic mass is 32.2. The molecule has 3 N–H and O–H groups in total. The fourth-order valence-electron chi connectivity index (χ4n) is 3.34. The number of likely N-dealkylation sites (tertiary alicyclic amines) is 1. The number of aryl methyl sites for hydroxylation is 1. The maximum absolute atomic E-state index is 12.5. The number of nitrogens with two attached hydrogens (primary N) is 1. The number of rotatable bonds is 6. The summed E-state index contributed by atoms with van der Waals surface area (Å²) < 4.78 is 27.1. The summed E-state index contributed by atoms with van der Waals surface area (Å²) in [6.45, 7) is 3.01. The predicted molar refractivity (Wildman–Crippen MR) is 105 cm³/mol. The Morgan fingerprint density at radius 1 is 1.11 bits per heavy atom. The Morgan fingerprint density at radius 3 is 2.44 bits per heavy atom. The molecule has 6 nitrogen and oxygen atoms in total. The van der Waals surface area contributed by atoms with E-state index in [0.29, 0.717) is 13.1 Å². The van der Waals surface area contributed by atoms with Crippen molar-refractivity contribution < 1.29 is 13.2 Å². The first-order valence-electron chi connectivity index (χ1n) is 9.01. The summed E-state index contributed by atoms with van der Waals surface area (Å²) in [7, 11) is -3.61. The molecular weight excluding hydrogens is 362 g/mol. The van der Waals surface area contributed by atoms with Gasteiger partial charge in [-0.2, -0.15) is 0 Å². The van der Waals surface area contributed by atoms with Crippen LogP contribution in [0.3, 0.4) is 0 Å². The molecule has 0 spiro atoms. The number of nitrogens with zero attached hydrogens (tertiary/aromatic N) is 1. The maximum Gasteiger partial charge on any atom is 0.240 e. The molecule has 2 atom stereocenters. The van der Waals surface area contributed by atoms with Crippen LogP contribution in [0.15, 0.2) is 59.5 Å². The first-order chi connectivity index (χ1) is 12.9. The quantitative estimate of drug-likeness (QED) is 0.788. The van der Waals surface area contributed by atoms with E-state index >= 15 is 0 Å². The molecule has 2 aromatic carbocycles. The number of carbonyl (C=O) groups excluding carboxylic acids is 1. The monoisotopic (exact) mass is 387 g/mol. The van der Waals surface area contributed by atoms with Gasteiger partial charge in [-0.15, -0.1) is 0 Å². The van der Waals surface area contributed by atoms with E-state index in [1.165, 1.54) is 0 Å². The van der Waals surface area contributed by atoms with Gasteiger partial charge in [0.25, 0.3) is 0 Å². The van der Waals surface area contributed by atoms with Crippen molar-refractivity contribution in [2.45, 2.75) is 30.2 Å². The van der Waals surface area contributed by atoms with Crippen molar-refractivity contribution >= 4 is 15.9 Å². The number of carbonyl (C=O) groups is 1. The van der Waals surface area contributed by atoms with Gasteiger partial charge in [-0.05, 0) is 24.6 Å². The van der Waals surface area contributed by atoms with Crippen LogP contribution in [0.5, 0.6) is 0 Å². The topological polar surface area (TPSA) is 92.5 Å². The molecule has 2 aromatic rings. The van der Waals surface area contributed by atoms with Gasteiger partial charge in [0, 0.05) is 38.0 Å². The summed E-state index contributed by atoms with van der Waals surface area (Å²) in [4.78, 5) is 14.4. The number of nitrogens with one attached hydrogen (secondary N) is 1. The van der Waals surface area contributed by atoms with Crippen molar-refractivity contribution in [3.63, 3.8) is 0 Å². The summed E-state index contributed by atoms with van der Waals surface area (Å²) in [6, 6.07) is 16.4. The fourth-order valence-corrected chi connectivity index (χ4v) is 4.37. The second-order valence-electron chi connectivity index (χ2n) is 6.94. The molecule has 3 rings (SSSR count). The van der Waals surface area contributed by atoms with Gasteiger partial charge >= 0.3 is 0 Å². The molecule has 27 heavy (non-hydrogen) atoms. The number of amides is 1. The van der Waals surface area contributed by atoms with E-state index in [1.54, 1.807) is 29.2 Å². The van der Waals surface area contributed by atoms with Gasteiger partial charge in [-0.3, -0.25) is 4.79 Å². The minimum Gasteiger partial charge on any atom is -0.340 e. The first-order valence-corrected chi connectivity index (χ1v) is 10.5. The van der Waals surface area contributed by atoms with E-state index in [9.17, 15) is 13.2 Å². The van der Waals surface area contributed by atoms with Crippen LogP contribution < -0.4 is 10.5 Å². The molecule has 0 radical (unpaired) electrons. The predicted octanol–water partition coefficient (Wildman–Crippen LogP) is 1.62. The van der Waals surface area contributed by atoms with Gasteiger partial charge in [0.1, 0.15) is 0 Å². The lowest BCUT2D eigenvalue weighted by atomic mass is 9.95. The Balaban J connectivity index is 1.53. The zero-order chi connectivity index (χ0) is 19.4. The molecule has 1 aliphatic heterocycles. The number of hydrogen-bond donors (Lipinski definition) is 2. The Morgan fingerprint density at radius 2 is 1.78 bits per heavy atom. The number of hydrogen-bond acceptors (Lipinski definition) is 4. The average Bonchev–Trinajstić information content (AvgIpc) is 3.04. The minimum absolute atomic E-state index is 0.0663. The van der Waals surface area contributed by atoms with Crippen LogP contribution in [-0.4, -0.2) is 44.9 Å². The molecule has 1 saturated heterocycles. The Labute approximate surface area is 160 Å². The van der Waals surface area contributed by atoms with Crippen molar-refractivity contribution in [1.82, 2.24) is 9.62 Å². The summed E-state index contributed by atoms with van der Waals surface area (Å²) >= 11 is 0. The fraction of sp³-hybridized carbons (Fsp3) is 0.350. The molecule has 1 amide bonds. The Bertz CT molecular complexity index is 882. The lowest BCUT2D eigenvalue weighted by Crippen LogP contribution is -2.34. The second kappa shape index (κ2) is 8.21. The van der Waals surface area contributed by atoms with Crippen LogP contribution >= 0.6 is 0 Å². The largest absolute Gasteiger partial charge is 0.340 e. The van der Waals surface area contributed by atoms with Crippen LogP contribution in [0.1, 0.15) is 23.5 Å². The molecule has 0 aliphatic carbocycles. The number of benzene rings is 2. The van der Waals surface area contributed by atoms with Crippen molar-refractivity contribution in [1.29, 1.82) is 0 Å². The molecule has 0 aromatic heterocycles. The van der Waals surface area contributed by atoms with E-state index < -0.39 is 10.0 Å². The molecule has 1 heterocycles. The molecule has 0 bridgehead atoms. The van der Waals surface area contributed by atoms with Gasteiger partial charge in [0.15, 0.2) is 0 Å². The zero-order valence-electron chi connectivity index (χ0n) is 15.3. The van der Waals surface area contributed by atoms with Crippen LogP contribution in [-0.2, 0) is 14.8 Å². The highest BCUT2D eigenvalue weighted by Crippen LogP contribution is 2.26. The van der Waals surface area contributed by atoms with Crippen molar-refractivity contribution in [3.8, 4) is 0 Å². The van der Waals surface area contributed by atoms with E-state index in [0.717, 1.165) is 11.1 Å². The molecule has 0 saturated carbocycles. The summed E-state index contributed by atoms with van der Waals surface area (Å²) in [5.41, 5.74) is 8.33. The van der Waals surface area contributed by atoms with Crippen molar-refractivity contribution in [3.05, 3.63) is 65.7 Å². The van der Waals surface area contributed by atoms with Crippen LogP contribution in [0.2, 0.25) is 0 Å². The maximum atomic E-state index is 12.5. The average molecular weight is 388 g/mol. The minimum atomic E-state index is -3.61. The smallest absolute Gasteiger partial charge is 0.240 e. The van der Waals surface area contributed by atoms with Gasteiger partial charge in [-0.25, -0.2) is 13.1 Å². The SMILES string of the molecule is Cc1ccc(S(=O)(=O)NCCC(=O)N2C[C@@H](N)[C@H](c3ccccc3)C2)cc1. The van der Waals surface area contributed by atoms with Crippen LogP contribution in [0.25, 0.3) is 0 Å². The highest BCUT2D eigenvalue weighted by molar-refractivity contribution is 7.89. The molecule has 1 aliphatic rings. The number of sulfonamides is 1. The van der Waals surface area contributed by atoms with E-state index in [-0.39, 0.29) is 35.7 Å². The van der Waals surface area contributed by atoms with E-state index in [2.05, 4.69) is 4.72 Å². The zero-order valence-corrected chi connectivity index (χ0v) is 16.2. The first kappa shape index (κ1) is 19.5. The van der Waals surface area contributed by atoms with Gasteiger partial charge in [0.05, 0.1) is 4.90 Å². The third kappa shape index (κ3) is 4.74. The van der Waals surface area contributed by atoms with Crippen LogP contribution in [0, 0.1) is 6.92 Å². The molecule has 7 heteroatoms. The van der Waals surface area contributed by atoms with Gasteiger partial charge in [-0.1, -0.05) is 48.0 Å². The lowest BCUT2D eigenvalue weighted by molar-refractivity contribution is -0.130. The van der Waals surface area contributed by atoms with Crippen LogP contribution in [0.4, 0.5) is 0 Å². The highest BCUT2D eigenvalue weighted by Gasteiger charge is 2.33. The normalized spacial score (nSPS) is 20.0. The van der Waals surface area contributed by atoms with Crippen molar-refractivity contribution in [2.75, 3.05) is 19.6 Å².